The first kappa shape index (κ1) is 14.5. The molecule has 1 fully saturated rings. The molecule has 2 rings (SSSR count). The molecule has 0 heterocycles. The molecule has 0 radical (unpaired) electrons. The van der Waals surface area contributed by atoms with E-state index in [9.17, 15) is 0 Å². The van der Waals surface area contributed by atoms with E-state index in [1.54, 1.807) is 0 Å². The van der Waals surface area contributed by atoms with Gasteiger partial charge in [0.2, 0.25) is 0 Å². The molecule has 1 aromatic carbocycles. The number of hydrazine groups is 1. The van der Waals surface area contributed by atoms with Gasteiger partial charge in [0.1, 0.15) is 0 Å². The lowest BCUT2D eigenvalue weighted by molar-refractivity contribution is 0.359. The third-order valence-corrected chi connectivity index (χ3v) is 4.51. The van der Waals surface area contributed by atoms with Crippen LogP contribution in [0.3, 0.4) is 0 Å². The Morgan fingerprint density at radius 1 is 1.21 bits per heavy atom. The molecule has 106 valence electrons. The second-order valence-corrected chi connectivity index (χ2v) is 5.91. The molecular formula is C17H28N2. The van der Waals surface area contributed by atoms with Crippen LogP contribution in [0.25, 0.3) is 0 Å². The van der Waals surface area contributed by atoms with E-state index in [4.69, 9.17) is 5.84 Å². The van der Waals surface area contributed by atoms with Crippen molar-refractivity contribution in [1.82, 2.24) is 5.43 Å². The first-order valence-corrected chi connectivity index (χ1v) is 7.88. The van der Waals surface area contributed by atoms with Crippen molar-refractivity contribution in [3.8, 4) is 0 Å². The molecule has 1 atom stereocenters. The zero-order valence-corrected chi connectivity index (χ0v) is 12.2. The summed E-state index contributed by atoms with van der Waals surface area (Å²) < 4.78 is 0. The molecule has 1 aromatic rings. The average Bonchev–Trinajstić information content (AvgIpc) is 2.73. The molecule has 0 spiro atoms. The maximum Gasteiger partial charge on any atom is 0.0462 e. The molecule has 0 amide bonds. The van der Waals surface area contributed by atoms with Crippen molar-refractivity contribution in [3.05, 3.63) is 35.4 Å². The fourth-order valence-electron chi connectivity index (χ4n) is 3.26. The van der Waals surface area contributed by atoms with Gasteiger partial charge in [0, 0.05) is 6.04 Å². The molecule has 3 N–H and O–H groups in total. The van der Waals surface area contributed by atoms with Crippen LogP contribution in [0, 0.1) is 5.92 Å². The normalized spacial score (nSPS) is 19.1. The van der Waals surface area contributed by atoms with Crippen LogP contribution in [0.15, 0.2) is 24.3 Å². The highest BCUT2D eigenvalue weighted by Gasteiger charge is 2.18. The number of benzene rings is 1. The molecule has 0 bridgehead atoms. The Balaban J connectivity index is 2.01. The number of hydrogen-bond acceptors (Lipinski definition) is 2. The number of rotatable bonds is 5. The fraction of sp³-hybridized carbons (Fsp3) is 0.647. The van der Waals surface area contributed by atoms with Crippen LogP contribution in [0.5, 0.6) is 0 Å². The van der Waals surface area contributed by atoms with Crippen LogP contribution in [-0.4, -0.2) is 0 Å². The topological polar surface area (TPSA) is 38.0 Å². The van der Waals surface area contributed by atoms with Gasteiger partial charge in [-0.15, -0.1) is 0 Å². The van der Waals surface area contributed by atoms with Gasteiger partial charge in [-0.25, -0.2) is 0 Å². The molecule has 1 aliphatic carbocycles. The van der Waals surface area contributed by atoms with Crippen LogP contribution in [0.4, 0.5) is 0 Å². The van der Waals surface area contributed by atoms with Crippen molar-refractivity contribution >= 4 is 0 Å². The van der Waals surface area contributed by atoms with Gasteiger partial charge in [0.05, 0.1) is 0 Å². The monoisotopic (exact) mass is 260 g/mol. The standard InChI is InChI=1S/C17H28N2/c1-2-14-10-7-11-16(12-14)17(19-18)13-15-8-5-3-4-6-9-15/h7,10-12,15,17,19H,2-6,8-9,13,18H2,1H3. The van der Waals surface area contributed by atoms with Crippen molar-refractivity contribution in [3.63, 3.8) is 0 Å². The quantitative estimate of drug-likeness (QED) is 0.475. The van der Waals surface area contributed by atoms with Crippen molar-refractivity contribution < 1.29 is 0 Å². The van der Waals surface area contributed by atoms with Gasteiger partial charge in [-0.2, -0.15) is 0 Å². The van der Waals surface area contributed by atoms with Crippen LogP contribution < -0.4 is 11.3 Å². The predicted molar refractivity (Wildman–Crippen MR) is 81.7 cm³/mol. The zero-order valence-electron chi connectivity index (χ0n) is 12.2. The molecule has 0 saturated heterocycles. The van der Waals surface area contributed by atoms with Gasteiger partial charge in [-0.1, -0.05) is 69.7 Å². The highest BCUT2D eigenvalue weighted by atomic mass is 15.2. The van der Waals surface area contributed by atoms with E-state index in [2.05, 4.69) is 36.6 Å². The number of nitrogens with two attached hydrogens (primary N) is 1. The highest BCUT2D eigenvalue weighted by Crippen LogP contribution is 2.31. The van der Waals surface area contributed by atoms with Crippen molar-refractivity contribution in [1.29, 1.82) is 0 Å². The summed E-state index contributed by atoms with van der Waals surface area (Å²) >= 11 is 0. The van der Waals surface area contributed by atoms with E-state index in [0.717, 1.165) is 12.3 Å². The van der Waals surface area contributed by atoms with Crippen LogP contribution in [-0.2, 0) is 6.42 Å². The van der Waals surface area contributed by atoms with Gasteiger partial charge in [-0.05, 0) is 29.9 Å². The first-order valence-electron chi connectivity index (χ1n) is 7.88. The molecular weight excluding hydrogens is 232 g/mol. The predicted octanol–water partition coefficient (Wildman–Crippen LogP) is 4.11. The van der Waals surface area contributed by atoms with Crippen LogP contribution in [0.1, 0.15) is 69.0 Å². The summed E-state index contributed by atoms with van der Waals surface area (Å²) in [5.74, 6) is 6.64. The maximum atomic E-state index is 5.80. The van der Waals surface area contributed by atoms with Gasteiger partial charge in [0.25, 0.3) is 0 Å². The fourth-order valence-corrected chi connectivity index (χ4v) is 3.26. The summed E-state index contributed by atoms with van der Waals surface area (Å²) in [4.78, 5) is 0. The van der Waals surface area contributed by atoms with E-state index >= 15 is 0 Å². The summed E-state index contributed by atoms with van der Waals surface area (Å²) in [6.07, 6.45) is 10.7. The lowest BCUT2D eigenvalue weighted by Crippen LogP contribution is -2.29. The van der Waals surface area contributed by atoms with Gasteiger partial charge in [0.15, 0.2) is 0 Å². The third-order valence-electron chi connectivity index (χ3n) is 4.51. The van der Waals surface area contributed by atoms with Crippen LogP contribution in [0.2, 0.25) is 0 Å². The Bertz CT molecular complexity index is 367. The number of aryl methyl sites for hydroxylation is 1. The van der Waals surface area contributed by atoms with Crippen molar-refractivity contribution in [2.24, 2.45) is 11.8 Å². The van der Waals surface area contributed by atoms with Crippen molar-refractivity contribution in [2.45, 2.75) is 64.3 Å². The second kappa shape index (κ2) is 7.66. The van der Waals surface area contributed by atoms with Gasteiger partial charge in [-0.3, -0.25) is 11.3 Å². The number of hydrogen-bond donors (Lipinski definition) is 2. The second-order valence-electron chi connectivity index (χ2n) is 5.91. The maximum absolute atomic E-state index is 5.80. The van der Waals surface area contributed by atoms with Gasteiger partial charge >= 0.3 is 0 Å². The minimum absolute atomic E-state index is 0.314. The molecule has 2 nitrogen and oxygen atoms in total. The minimum Gasteiger partial charge on any atom is -0.271 e. The molecule has 1 aliphatic rings. The molecule has 1 unspecified atom stereocenters. The van der Waals surface area contributed by atoms with E-state index in [-0.39, 0.29) is 0 Å². The Hall–Kier alpha value is -0.860. The summed E-state index contributed by atoms with van der Waals surface area (Å²) in [5.41, 5.74) is 5.79. The van der Waals surface area contributed by atoms with Crippen molar-refractivity contribution in [2.75, 3.05) is 0 Å². The first-order chi connectivity index (χ1) is 9.33. The molecule has 2 heteroatoms. The Morgan fingerprint density at radius 2 is 1.95 bits per heavy atom. The zero-order chi connectivity index (χ0) is 13.5. The lowest BCUT2D eigenvalue weighted by atomic mass is 9.89. The molecule has 19 heavy (non-hydrogen) atoms. The van der Waals surface area contributed by atoms with E-state index in [1.165, 1.54) is 56.1 Å². The summed E-state index contributed by atoms with van der Waals surface area (Å²) in [6, 6.07) is 9.19. The molecule has 0 aliphatic heterocycles. The number of nitrogens with one attached hydrogen (secondary N) is 1. The highest BCUT2D eigenvalue weighted by molar-refractivity contribution is 5.26. The Kier molecular flexibility index (Phi) is 5.87. The molecule has 1 saturated carbocycles. The van der Waals surface area contributed by atoms with Crippen LogP contribution >= 0.6 is 0 Å². The summed E-state index contributed by atoms with van der Waals surface area (Å²) in [6.45, 7) is 2.20. The Morgan fingerprint density at radius 3 is 2.58 bits per heavy atom. The Labute approximate surface area is 117 Å². The lowest BCUT2D eigenvalue weighted by Gasteiger charge is -2.22. The molecule has 0 aromatic heterocycles. The van der Waals surface area contributed by atoms with Gasteiger partial charge < -0.3 is 0 Å². The largest absolute Gasteiger partial charge is 0.271 e. The van der Waals surface area contributed by atoms with E-state index in [0.29, 0.717) is 6.04 Å². The van der Waals surface area contributed by atoms with E-state index < -0.39 is 0 Å². The smallest absolute Gasteiger partial charge is 0.0462 e. The third kappa shape index (κ3) is 4.32. The van der Waals surface area contributed by atoms with E-state index in [1.807, 2.05) is 0 Å². The summed E-state index contributed by atoms with van der Waals surface area (Å²) in [5, 5.41) is 0. The minimum atomic E-state index is 0.314. The SMILES string of the molecule is CCc1cccc(C(CC2CCCCCC2)NN)c1. The summed E-state index contributed by atoms with van der Waals surface area (Å²) in [7, 11) is 0. The average molecular weight is 260 g/mol.